The van der Waals surface area contributed by atoms with Gasteiger partial charge in [0.05, 0.1) is 13.3 Å². The predicted molar refractivity (Wildman–Crippen MR) is 89.2 cm³/mol. The second-order valence-electron chi connectivity index (χ2n) is 5.71. The molecule has 0 bridgehead atoms. The molecule has 0 spiro atoms. The Hall–Kier alpha value is -1.86. The first-order chi connectivity index (χ1) is 10.8. The lowest BCUT2D eigenvalue weighted by molar-refractivity contribution is 0.409. The van der Waals surface area contributed by atoms with E-state index in [1.54, 1.807) is 18.0 Å². The summed E-state index contributed by atoms with van der Waals surface area (Å²) < 4.78 is 34.1. The number of hydrogen-bond donors (Lipinski definition) is 1. The van der Waals surface area contributed by atoms with Gasteiger partial charge < -0.3 is 4.74 Å². The molecule has 2 rings (SSSR count). The molecule has 0 unspecified atom stereocenters. The molecule has 6 nitrogen and oxygen atoms in total. The number of nitrogens with zero attached hydrogens (tertiary/aromatic N) is 2. The largest absolute Gasteiger partial charge is 0.496 e. The monoisotopic (exact) mass is 337 g/mol. The number of rotatable bonds is 7. The van der Waals surface area contributed by atoms with Crippen molar-refractivity contribution in [1.82, 2.24) is 14.5 Å². The lowest BCUT2D eigenvalue weighted by Crippen LogP contribution is -2.25. The number of aromatic nitrogens is 2. The summed E-state index contributed by atoms with van der Waals surface area (Å²) in [5.41, 5.74) is 2.09. The van der Waals surface area contributed by atoms with Gasteiger partial charge in [-0.05, 0) is 38.8 Å². The molecule has 1 aromatic carbocycles. The quantitative estimate of drug-likeness (QED) is 0.841. The summed E-state index contributed by atoms with van der Waals surface area (Å²) in [7, 11) is -1.94. The van der Waals surface area contributed by atoms with Gasteiger partial charge in [0.15, 0.2) is 0 Å². The topological polar surface area (TPSA) is 73.2 Å². The van der Waals surface area contributed by atoms with E-state index in [4.69, 9.17) is 4.74 Å². The number of methoxy groups -OCH3 is 1. The molecule has 0 amide bonds. The van der Waals surface area contributed by atoms with Crippen molar-refractivity contribution in [3.8, 4) is 5.75 Å². The van der Waals surface area contributed by atoms with Crippen LogP contribution in [0.25, 0.3) is 0 Å². The third-order valence-electron chi connectivity index (χ3n) is 3.54. The minimum atomic E-state index is -3.55. The highest BCUT2D eigenvalue weighted by atomic mass is 32.2. The summed E-state index contributed by atoms with van der Waals surface area (Å²) in [4.78, 5) is 0.183. The van der Waals surface area contributed by atoms with Gasteiger partial charge in [0.25, 0.3) is 0 Å². The first-order valence-corrected chi connectivity index (χ1v) is 8.99. The molecular weight excluding hydrogens is 314 g/mol. The van der Waals surface area contributed by atoms with E-state index in [9.17, 15) is 8.42 Å². The van der Waals surface area contributed by atoms with E-state index in [2.05, 4.69) is 9.82 Å². The van der Waals surface area contributed by atoms with Gasteiger partial charge in [0.2, 0.25) is 10.0 Å². The van der Waals surface area contributed by atoms with Crippen LogP contribution in [0.4, 0.5) is 0 Å². The summed E-state index contributed by atoms with van der Waals surface area (Å²) in [5, 5.41) is 4.06. The molecule has 23 heavy (non-hydrogen) atoms. The summed E-state index contributed by atoms with van der Waals surface area (Å²) >= 11 is 0. The minimum absolute atomic E-state index is 0.121. The van der Waals surface area contributed by atoms with Crippen molar-refractivity contribution < 1.29 is 13.2 Å². The number of nitrogens with one attached hydrogen (secondary N) is 1. The van der Waals surface area contributed by atoms with E-state index in [0.29, 0.717) is 13.0 Å². The molecule has 1 heterocycles. The number of hydrogen-bond acceptors (Lipinski definition) is 4. The van der Waals surface area contributed by atoms with Crippen molar-refractivity contribution in [1.29, 1.82) is 0 Å². The molecule has 0 atom stereocenters. The lowest BCUT2D eigenvalue weighted by Gasteiger charge is -2.10. The van der Waals surface area contributed by atoms with Gasteiger partial charge in [0, 0.05) is 18.8 Å². The van der Waals surface area contributed by atoms with E-state index in [-0.39, 0.29) is 10.9 Å². The standard InChI is InChI=1S/C16H23N3O3S/c1-12(2)19-11-15(10-17-19)23(20,21)18-8-7-14-9-13(3)5-6-16(14)22-4/h5-6,9-12,18H,7-8H2,1-4H3. The summed E-state index contributed by atoms with van der Waals surface area (Å²) in [6.45, 7) is 6.18. The van der Waals surface area contributed by atoms with Crippen LogP contribution in [0, 0.1) is 6.92 Å². The lowest BCUT2D eigenvalue weighted by atomic mass is 10.1. The molecule has 0 radical (unpaired) electrons. The molecule has 0 fully saturated rings. The molecule has 0 saturated heterocycles. The van der Waals surface area contributed by atoms with Crippen molar-refractivity contribution >= 4 is 10.0 Å². The highest BCUT2D eigenvalue weighted by molar-refractivity contribution is 7.89. The molecule has 0 saturated carbocycles. The molecule has 7 heteroatoms. The third-order valence-corrected chi connectivity index (χ3v) is 4.96. The van der Waals surface area contributed by atoms with Gasteiger partial charge in [-0.3, -0.25) is 4.68 Å². The Balaban J connectivity index is 2.03. The Morgan fingerprint density at radius 3 is 2.70 bits per heavy atom. The van der Waals surface area contributed by atoms with Crippen molar-refractivity contribution in [2.24, 2.45) is 0 Å². The molecule has 126 valence electrons. The van der Waals surface area contributed by atoms with E-state index < -0.39 is 10.0 Å². The van der Waals surface area contributed by atoms with Gasteiger partial charge in [-0.2, -0.15) is 5.10 Å². The average molecular weight is 337 g/mol. The van der Waals surface area contributed by atoms with Crippen LogP contribution in [0.5, 0.6) is 5.75 Å². The number of sulfonamides is 1. The van der Waals surface area contributed by atoms with E-state index in [1.165, 1.54) is 6.20 Å². The van der Waals surface area contributed by atoms with Gasteiger partial charge >= 0.3 is 0 Å². The second-order valence-corrected chi connectivity index (χ2v) is 7.48. The molecule has 1 aromatic heterocycles. The Morgan fingerprint density at radius 2 is 2.09 bits per heavy atom. The van der Waals surface area contributed by atoms with Crippen LogP contribution in [-0.2, 0) is 16.4 Å². The fourth-order valence-corrected chi connectivity index (χ4v) is 3.22. The zero-order chi connectivity index (χ0) is 17.0. The SMILES string of the molecule is COc1ccc(C)cc1CCNS(=O)(=O)c1cnn(C(C)C)c1. The highest BCUT2D eigenvalue weighted by Gasteiger charge is 2.17. The normalized spacial score (nSPS) is 11.9. The number of ether oxygens (including phenoxy) is 1. The third kappa shape index (κ3) is 4.33. The van der Waals surface area contributed by atoms with Crippen LogP contribution in [0.3, 0.4) is 0 Å². The first-order valence-electron chi connectivity index (χ1n) is 7.51. The van der Waals surface area contributed by atoms with Crippen molar-refractivity contribution in [3.05, 3.63) is 41.7 Å². The maximum absolute atomic E-state index is 12.3. The fraction of sp³-hybridized carbons (Fsp3) is 0.438. The zero-order valence-electron chi connectivity index (χ0n) is 13.9. The van der Waals surface area contributed by atoms with Crippen LogP contribution in [0.1, 0.15) is 31.0 Å². The van der Waals surface area contributed by atoms with Crippen molar-refractivity contribution in [2.75, 3.05) is 13.7 Å². The van der Waals surface area contributed by atoms with Crippen LogP contribution < -0.4 is 9.46 Å². The Labute approximate surface area is 137 Å². The Morgan fingerprint density at radius 1 is 1.35 bits per heavy atom. The van der Waals surface area contributed by atoms with Gasteiger partial charge in [0.1, 0.15) is 10.6 Å². The van der Waals surface area contributed by atoms with Crippen LogP contribution in [-0.4, -0.2) is 31.9 Å². The summed E-state index contributed by atoms with van der Waals surface area (Å²) in [5.74, 6) is 0.766. The zero-order valence-corrected chi connectivity index (χ0v) is 14.7. The van der Waals surface area contributed by atoms with Crippen LogP contribution >= 0.6 is 0 Å². The van der Waals surface area contributed by atoms with Crippen molar-refractivity contribution in [2.45, 2.75) is 38.1 Å². The van der Waals surface area contributed by atoms with Crippen LogP contribution in [0.15, 0.2) is 35.5 Å². The molecule has 1 N–H and O–H groups in total. The predicted octanol–water partition coefficient (Wildman–Crippen LogP) is 2.30. The van der Waals surface area contributed by atoms with Gasteiger partial charge in [-0.15, -0.1) is 0 Å². The number of benzene rings is 1. The van der Waals surface area contributed by atoms with E-state index >= 15 is 0 Å². The summed E-state index contributed by atoms with van der Waals surface area (Å²) in [6.07, 6.45) is 3.47. The van der Waals surface area contributed by atoms with Crippen LogP contribution in [0.2, 0.25) is 0 Å². The smallest absolute Gasteiger partial charge is 0.243 e. The van der Waals surface area contributed by atoms with Crippen molar-refractivity contribution in [3.63, 3.8) is 0 Å². The van der Waals surface area contributed by atoms with Gasteiger partial charge in [-0.25, -0.2) is 13.1 Å². The molecule has 0 aliphatic rings. The average Bonchev–Trinajstić information content (AvgIpc) is 2.98. The summed E-state index contributed by atoms with van der Waals surface area (Å²) in [6, 6.07) is 5.98. The highest BCUT2D eigenvalue weighted by Crippen LogP contribution is 2.20. The number of aryl methyl sites for hydroxylation is 1. The molecular formula is C16H23N3O3S. The maximum Gasteiger partial charge on any atom is 0.243 e. The second kappa shape index (κ2) is 7.14. The first kappa shape index (κ1) is 17.5. The van der Waals surface area contributed by atoms with E-state index in [0.717, 1.165) is 16.9 Å². The maximum atomic E-state index is 12.3. The fourth-order valence-electron chi connectivity index (χ4n) is 2.25. The Bertz CT molecular complexity index is 767. The van der Waals surface area contributed by atoms with E-state index in [1.807, 2.05) is 39.0 Å². The minimum Gasteiger partial charge on any atom is -0.496 e. The molecule has 0 aliphatic carbocycles. The Kier molecular flexibility index (Phi) is 5.43. The molecule has 0 aliphatic heterocycles. The molecule has 2 aromatic rings. The van der Waals surface area contributed by atoms with Gasteiger partial charge in [-0.1, -0.05) is 17.7 Å².